The number of carbonyl (C=O) groups excluding carboxylic acids is 1. The maximum absolute atomic E-state index is 12.0. The number of aliphatic imine (C=N–C) groups is 1. The Morgan fingerprint density at radius 1 is 1.33 bits per heavy atom. The molecule has 0 radical (unpaired) electrons. The third-order valence-electron chi connectivity index (χ3n) is 2.99. The highest BCUT2D eigenvalue weighted by Crippen LogP contribution is 2.11. The quantitative estimate of drug-likeness (QED) is 0.808. The summed E-state index contributed by atoms with van der Waals surface area (Å²) in [4.78, 5) is 16.3. The molecular weight excluding hydrogens is 224 g/mol. The van der Waals surface area contributed by atoms with Gasteiger partial charge in [-0.25, -0.2) is 0 Å². The number of Topliss-reactive ketones (excluding diaryl/α,β-unsaturated/α-hetero) is 1. The summed E-state index contributed by atoms with van der Waals surface area (Å²) in [6, 6.07) is 7.96. The highest BCUT2D eigenvalue weighted by molar-refractivity contribution is 6.09. The third kappa shape index (κ3) is 3.42. The van der Waals surface area contributed by atoms with Crippen LogP contribution in [0.1, 0.15) is 36.2 Å². The van der Waals surface area contributed by atoms with Gasteiger partial charge in [0.05, 0.1) is 13.0 Å². The molecule has 1 aliphatic heterocycles. The van der Waals surface area contributed by atoms with Crippen molar-refractivity contribution in [1.82, 2.24) is 5.32 Å². The zero-order valence-electron chi connectivity index (χ0n) is 11.1. The molecule has 0 fully saturated rings. The van der Waals surface area contributed by atoms with Crippen LogP contribution in [-0.4, -0.2) is 24.7 Å². The van der Waals surface area contributed by atoms with Crippen LogP contribution in [0.15, 0.2) is 29.3 Å². The third-order valence-corrected chi connectivity index (χ3v) is 2.99. The van der Waals surface area contributed by atoms with Gasteiger partial charge in [0.15, 0.2) is 5.78 Å². The lowest BCUT2D eigenvalue weighted by molar-refractivity contribution is 0.1000. The summed E-state index contributed by atoms with van der Waals surface area (Å²) in [5, 5.41) is 3.12. The molecule has 1 aromatic rings. The van der Waals surface area contributed by atoms with E-state index >= 15 is 0 Å². The van der Waals surface area contributed by atoms with Crippen LogP contribution >= 0.6 is 0 Å². The number of amidine groups is 1. The number of nitrogens with zero attached hydrogens (tertiary/aromatic N) is 1. The fourth-order valence-corrected chi connectivity index (χ4v) is 2.12. The van der Waals surface area contributed by atoms with E-state index < -0.39 is 0 Å². The Morgan fingerprint density at radius 3 is 2.61 bits per heavy atom. The van der Waals surface area contributed by atoms with Gasteiger partial charge in [-0.2, -0.15) is 0 Å². The first-order valence-corrected chi connectivity index (χ1v) is 6.54. The van der Waals surface area contributed by atoms with Gasteiger partial charge < -0.3 is 5.32 Å². The molecule has 0 saturated carbocycles. The molecule has 1 aliphatic rings. The van der Waals surface area contributed by atoms with E-state index in [4.69, 9.17) is 0 Å². The number of nitrogens with one attached hydrogen (secondary N) is 1. The molecule has 3 heteroatoms. The SMILES string of the molecule is CC(C)Cc1ccc(C(=O)CC2=NCCN2)cc1. The van der Waals surface area contributed by atoms with Gasteiger partial charge in [0.25, 0.3) is 0 Å². The summed E-state index contributed by atoms with van der Waals surface area (Å²) in [6.07, 6.45) is 1.45. The lowest BCUT2D eigenvalue weighted by Crippen LogP contribution is -2.21. The molecule has 1 heterocycles. The van der Waals surface area contributed by atoms with Gasteiger partial charge in [-0.05, 0) is 17.9 Å². The van der Waals surface area contributed by atoms with Crippen molar-refractivity contribution in [2.75, 3.05) is 13.1 Å². The van der Waals surface area contributed by atoms with Crippen molar-refractivity contribution in [1.29, 1.82) is 0 Å². The second kappa shape index (κ2) is 5.80. The Hall–Kier alpha value is -1.64. The van der Waals surface area contributed by atoms with Crippen LogP contribution < -0.4 is 5.32 Å². The van der Waals surface area contributed by atoms with E-state index in [0.717, 1.165) is 30.9 Å². The second-order valence-electron chi connectivity index (χ2n) is 5.15. The molecular formula is C15H20N2O. The average molecular weight is 244 g/mol. The molecule has 0 saturated heterocycles. The Balaban J connectivity index is 1.98. The van der Waals surface area contributed by atoms with Gasteiger partial charge in [-0.15, -0.1) is 0 Å². The van der Waals surface area contributed by atoms with Crippen LogP contribution in [0.5, 0.6) is 0 Å². The molecule has 1 N–H and O–H groups in total. The summed E-state index contributed by atoms with van der Waals surface area (Å²) < 4.78 is 0. The minimum atomic E-state index is 0.138. The fraction of sp³-hybridized carbons (Fsp3) is 0.467. The van der Waals surface area contributed by atoms with Gasteiger partial charge in [0, 0.05) is 12.1 Å². The summed E-state index contributed by atoms with van der Waals surface area (Å²) in [5.74, 6) is 1.61. The van der Waals surface area contributed by atoms with Crippen LogP contribution in [-0.2, 0) is 6.42 Å². The Morgan fingerprint density at radius 2 is 2.06 bits per heavy atom. The number of hydrogen-bond donors (Lipinski definition) is 1. The second-order valence-corrected chi connectivity index (χ2v) is 5.15. The summed E-state index contributed by atoms with van der Waals surface area (Å²) in [5.41, 5.74) is 2.07. The average Bonchev–Trinajstić information content (AvgIpc) is 2.82. The molecule has 3 nitrogen and oxygen atoms in total. The van der Waals surface area contributed by atoms with Crippen LogP contribution in [0.3, 0.4) is 0 Å². The van der Waals surface area contributed by atoms with Crippen LogP contribution in [0.2, 0.25) is 0 Å². The first-order chi connectivity index (χ1) is 8.65. The van der Waals surface area contributed by atoms with Crippen LogP contribution in [0.25, 0.3) is 0 Å². The van der Waals surface area contributed by atoms with Crippen molar-refractivity contribution < 1.29 is 4.79 Å². The lowest BCUT2D eigenvalue weighted by Gasteiger charge is -2.06. The highest BCUT2D eigenvalue weighted by Gasteiger charge is 2.12. The molecule has 0 aromatic heterocycles. The molecule has 18 heavy (non-hydrogen) atoms. The molecule has 2 rings (SSSR count). The Bertz CT molecular complexity index is 446. The smallest absolute Gasteiger partial charge is 0.170 e. The van der Waals surface area contributed by atoms with Gasteiger partial charge in [0.2, 0.25) is 0 Å². The maximum atomic E-state index is 12.0. The molecule has 0 bridgehead atoms. The van der Waals surface area contributed by atoms with Gasteiger partial charge in [-0.1, -0.05) is 38.1 Å². The molecule has 0 spiro atoms. The minimum Gasteiger partial charge on any atom is -0.372 e. The number of ketones is 1. The standard InChI is InChI=1S/C15H20N2O/c1-11(2)9-12-3-5-13(6-4-12)14(18)10-15-16-7-8-17-15/h3-6,11H,7-10H2,1-2H3,(H,16,17). The summed E-state index contributed by atoms with van der Waals surface area (Å²) in [6.45, 7) is 6.04. The molecule has 0 unspecified atom stereocenters. The van der Waals surface area contributed by atoms with Gasteiger partial charge in [0.1, 0.15) is 5.84 Å². The number of rotatable bonds is 5. The van der Waals surface area contributed by atoms with E-state index in [1.165, 1.54) is 5.56 Å². The monoisotopic (exact) mass is 244 g/mol. The summed E-state index contributed by atoms with van der Waals surface area (Å²) >= 11 is 0. The first kappa shape index (κ1) is 12.8. The van der Waals surface area contributed by atoms with E-state index in [9.17, 15) is 4.79 Å². The van der Waals surface area contributed by atoms with Crippen LogP contribution in [0, 0.1) is 5.92 Å². The van der Waals surface area contributed by atoms with Crippen molar-refractivity contribution in [2.45, 2.75) is 26.7 Å². The predicted molar refractivity (Wildman–Crippen MR) is 74.2 cm³/mol. The number of carbonyl (C=O) groups is 1. The first-order valence-electron chi connectivity index (χ1n) is 6.54. The largest absolute Gasteiger partial charge is 0.372 e. The molecule has 96 valence electrons. The minimum absolute atomic E-state index is 0.138. The highest BCUT2D eigenvalue weighted by atomic mass is 16.1. The molecule has 0 atom stereocenters. The summed E-state index contributed by atoms with van der Waals surface area (Å²) in [7, 11) is 0. The van der Waals surface area contributed by atoms with Crippen molar-refractivity contribution >= 4 is 11.6 Å². The Labute approximate surface area is 108 Å². The molecule has 0 amide bonds. The van der Waals surface area contributed by atoms with Crippen molar-refractivity contribution in [3.8, 4) is 0 Å². The molecule has 0 aliphatic carbocycles. The van der Waals surface area contributed by atoms with E-state index in [1.807, 2.05) is 12.1 Å². The normalized spacial score (nSPS) is 14.5. The van der Waals surface area contributed by atoms with Gasteiger partial charge in [-0.3, -0.25) is 9.79 Å². The van der Waals surface area contributed by atoms with E-state index in [2.05, 4.69) is 36.3 Å². The maximum Gasteiger partial charge on any atom is 0.170 e. The van der Waals surface area contributed by atoms with Crippen molar-refractivity contribution in [2.24, 2.45) is 10.9 Å². The van der Waals surface area contributed by atoms with E-state index in [1.54, 1.807) is 0 Å². The topological polar surface area (TPSA) is 41.5 Å². The lowest BCUT2D eigenvalue weighted by atomic mass is 10.00. The van der Waals surface area contributed by atoms with E-state index in [-0.39, 0.29) is 5.78 Å². The van der Waals surface area contributed by atoms with Gasteiger partial charge >= 0.3 is 0 Å². The number of hydrogen-bond acceptors (Lipinski definition) is 3. The van der Waals surface area contributed by atoms with E-state index in [0.29, 0.717) is 12.3 Å². The Kier molecular flexibility index (Phi) is 4.13. The van der Waals surface area contributed by atoms with Crippen LogP contribution in [0.4, 0.5) is 0 Å². The zero-order chi connectivity index (χ0) is 13.0. The fourth-order valence-electron chi connectivity index (χ4n) is 2.12. The van der Waals surface area contributed by atoms with Crippen molar-refractivity contribution in [3.05, 3.63) is 35.4 Å². The van der Waals surface area contributed by atoms with Crippen molar-refractivity contribution in [3.63, 3.8) is 0 Å². The molecule has 1 aromatic carbocycles. The predicted octanol–water partition coefficient (Wildman–Crippen LogP) is 2.46. The zero-order valence-corrected chi connectivity index (χ0v) is 11.1. The number of benzene rings is 1.